The summed E-state index contributed by atoms with van der Waals surface area (Å²) in [5.41, 5.74) is 5.20. The van der Waals surface area contributed by atoms with E-state index < -0.39 is 0 Å². The number of para-hydroxylation sites is 1. The van der Waals surface area contributed by atoms with Gasteiger partial charge in [0.25, 0.3) is 5.91 Å². The lowest BCUT2D eigenvalue weighted by Gasteiger charge is -2.07. The highest BCUT2D eigenvalue weighted by atomic mass is 16.1. The number of rotatable bonds is 3. The lowest BCUT2D eigenvalue weighted by atomic mass is 10.2. The predicted octanol–water partition coefficient (Wildman–Crippen LogP) is 3.01. The molecule has 0 unspecified atom stereocenters. The summed E-state index contributed by atoms with van der Waals surface area (Å²) in [6, 6.07) is 15.0. The quantitative estimate of drug-likeness (QED) is 0.603. The Morgan fingerprint density at radius 3 is 2.60 bits per heavy atom. The van der Waals surface area contributed by atoms with Crippen LogP contribution in [-0.2, 0) is 0 Å². The second-order valence-corrected chi connectivity index (χ2v) is 5.77. The second-order valence-electron chi connectivity index (χ2n) is 5.77. The molecule has 2 aromatic heterocycles. The van der Waals surface area contributed by atoms with Crippen molar-refractivity contribution < 1.29 is 4.79 Å². The van der Waals surface area contributed by atoms with Crippen molar-refractivity contribution in [3.05, 3.63) is 65.5 Å². The van der Waals surface area contributed by atoms with E-state index in [2.05, 4.69) is 25.8 Å². The summed E-state index contributed by atoms with van der Waals surface area (Å²) in [5.74, 6) is -0.205. The van der Waals surface area contributed by atoms with Crippen LogP contribution in [0.15, 0.2) is 48.5 Å². The number of carbonyl (C=O) groups excluding carboxylic acids is 1. The van der Waals surface area contributed by atoms with Crippen molar-refractivity contribution in [2.75, 3.05) is 5.32 Å². The Morgan fingerprint density at radius 1 is 1.04 bits per heavy atom. The molecule has 0 radical (unpaired) electrons. The number of hydrogen-bond acceptors (Lipinski definition) is 4. The van der Waals surface area contributed by atoms with Crippen molar-refractivity contribution >= 4 is 22.6 Å². The minimum atomic E-state index is -0.205. The Kier molecular flexibility index (Phi) is 3.53. The molecule has 1 amide bonds. The number of aromatic nitrogens is 5. The van der Waals surface area contributed by atoms with Crippen LogP contribution in [0.25, 0.3) is 16.7 Å². The molecule has 0 atom stereocenters. The lowest BCUT2D eigenvalue weighted by molar-refractivity contribution is 0.102. The molecule has 0 aliphatic rings. The number of nitrogens with one attached hydrogen (secondary N) is 2. The maximum atomic E-state index is 12.6. The first-order chi connectivity index (χ1) is 12.1. The highest BCUT2D eigenvalue weighted by Gasteiger charge is 2.16. The van der Waals surface area contributed by atoms with E-state index in [4.69, 9.17) is 0 Å². The summed E-state index contributed by atoms with van der Waals surface area (Å²) in [6.07, 6.45) is 0. The van der Waals surface area contributed by atoms with Gasteiger partial charge in [-0.1, -0.05) is 18.2 Å². The number of fused-ring (bicyclic) bond motifs is 1. The van der Waals surface area contributed by atoms with E-state index in [1.54, 1.807) is 18.2 Å². The van der Waals surface area contributed by atoms with Gasteiger partial charge >= 0.3 is 0 Å². The molecular weight excluding hydrogens is 316 g/mol. The zero-order chi connectivity index (χ0) is 17.4. The van der Waals surface area contributed by atoms with Crippen LogP contribution < -0.4 is 5.32 Å². The van der Waals surface area contributed by atoms with Gasteiger partial charge in [-0.05, 0) is 44.2 Å². The van der Waals surface area contributed by atoms with Crippen LogP contribution in [0.4, 0.5) is 5.69 Å². The third kappa shape index (κ3) is 2.65. The molecule has 2 heterocycles. The number of hydrogen-bond donors (Lipinski definition) is 2. The summed E-state index contributed by atoms with van der Waals surface area (Å²) < 4.78 is 1.83. The fourth-order valence-corrected chi connectivity index (χ4v) is 2.81. The van der Waals surface area contributed by atoms with Crippen molar-refractivity contribution in [1.29, 1.82) is 0 Å². The largest absolute Gasteiger partial charge is 0.319 e. The Labute approximate surface area is 143 Å². The average Bonchev–Trinajstić information content (AvgIpc) is 3.21. The molecule has 0 aliphatic heterocycles. The van der Waals surface area contributed by atoms with E-state index in [1.807, 2.05) is 48.9 Å². The standard InChI is InChI=1S/C18H16N6O/c1-11-17(12(2)24(22-11)14-6-4-3-5-7-14)19-18(25)13-8-9-15-16(10-13)21-23-20-15/h3-10H,1-2H3,(H,19,25)(H,20,21,23). The molecule has 0 saturated carbocycles. The Balaban J connectivity index is 1.66. The van der Waals surface area contributed by atoms with E-state index >= 15 is 0 Å². The normalized spacial score (nSPS) is 11.0. The van der Waals surface area contributed by atoms with E-state index in [9.17, 15) is 4.79 Å². The van der Waals surface area contributed by atoms with Gasteiger partial charge in [0.2, 0.25) is 0 Å². The van der Waals surface area contributed by atoms with Crippen LogP contribution >= 0.6 is 0 Å². The van der Waals surface area contributed by atoms with E-state index in [-0.39, 0.29) is 5.91 Å². The van der Waals surface area contributed by atoms with E-state index in [1.165, 1.54) is 0 Å². The Morgan fingerprint density at radius 2 is 1.80 bits per heavy atom. The first-order valence-electron chi connectivity index (χ1n) is 7.87. The number of aromatic amines is 1. The lowest BCUT2D eigenvalue weighted by Crippen LogP contribution is -2.13. The van der Waals surface area contributed by atoms with E-state index in [0.29, 0.717) is 16.8 Å². The highest BCUT2D eigenvalue weighted by Crippen LogP contribution is 2.23. The van der Waals surface area contributed by atoms with Gasteiger partial charge in [0.1, 0.15) is 11.0 Å². The van der Waals surface area contributed by atoms with Gasteiger partial charge in [0.15, 0.2) is 0 Å². The fraction of sp³-hybridized carbons (Fsp3) is 0.111. The summed E-state index contributed by atoms with van der Waals surface area (Å²) in [7, 11) is 0. The van der Waals surface area contributed by atoms with Gasteiger partial charge < -0.3 is 5.32 Å². The molecule has 0 fully saturated rings. The van der Waals surface area contributed by atoms with Crippen LogP contribution in [0.1, 0.15) is 21.7 Å². The first kappa shape index (κ1) is 15.1. The zero-order valence-electron chi connectivity index (χ0n) is 13.8. The van der Waals surface area contributed by atoms with Crippen LogP contribution in [-0.4, -0.2) is 31.1 Å². The topological polar surface area (TPSA) is 88.5 Å². The number of carbonyl (C=O) groups is 1. The molecule has 0 aliphatic carbocycles. The average molecular weight is 332 g/mol. The molecule has 0 saturated heterocycles. The Bertz CT molecular complexity index is 1060. The number of amides is 1. The minimum Gasteiger partial charge on any atom is -0.319 e. The summed E-state index contributed by atoms with van der Waals surface area (Å²) >= 11 is 0. The van der Waals surface area contributed by atoms with Crippen LogP contribution in [0.2, 0.25) is 0 Å². The van der Waals surface area contributed by atoms with E-state index in [0.717, 1.165) is 22.6 Å². The van der Waals surface area contributed by atoms with Crippen molar-refractivity contribution in [2.24, 2.45) is 0 Å². The predicted molar refractivity (Wildman–Crippen MR) is 94.9 cm³/mol. The number of aryl methyl sites for hydroxylation is 1. The van der Waals surface area contributed by atoms with Crippen LogP contribution in [0.3, 0.4) is 0 Å². The van der Waals surface area contributed by atoms with Crippen molar-refractivity contribution in [3.63, 3.8) is 0 Å². The summed E-state index contributed by atoms with van der Waals surface area (Å²) in [4.78, 5) is 12.6. The molecule has 2 N–H and O–H groups in total. The van der Waals surface area contributed by atoms with Gasteiger partial charge in [-0.25, -0.2) is 4.68 Å². The van der Waals surface area contributed by atoms with Gasteiger partial charge in [-0.2, -0.15) is 20.5 Å². The molecule has 2 aromatic carbocycles. The van der Waals surface area contributed by atoms with Gasteiger partial charge in [-0.3, -0.25) is 4.79 Å². The molecule has 25 heavy (non-hydrogen) atoms. The van der Waals surface area contributed by atoms with Crippen molar-refractivity contribution in [1.82, 2.24) is 25.2 Å². The first-order valence-corrected chi connectivity index (χ1v) is 7.87. The van der Waals surface area contributed by atoms with Crippen molar-refractivity contribution in [2.45, 2.75) is 13.8 Å². The smallest absolute Gasteiger partial charge is 0.255 e. The van der Waals surface area contributed by atoms with Gasteiger partial charge in [-0.15, -0.1) is 0 Å². The van der Waals surface area contributed by atoms with Crippen LogP contribution in [0.5, 0.6) is 0 Å². The minimum absolute atomic E-state index is 0.205. The van der Waals surface area contributed by atoms with Gasteiger partial charge in [0.05, 0.1) is 22.8 Å². The third-order valence-electron chi connectivity index (χ3n) is 4.11. The maximum Gasteiger partial charge on any atom is 0.255 e. The van der Waals surface area contributed by atoms with Gasteiger partial charge in [0, 0.05) is 5.56 Å². The molecule has 4 aromatic rings. The second kappa shape index (κ2) is 5.86. The monoisotopic (exact) mass is 332 g/mol. The molecule has 0 spiro atoms. The Hall–Kier alpha value is -3.48. The zero-order valence-corrected chi connectivity index (χ0v) is 13.8. The molecular formula is C18H16N6O. The SMILES string of the molecule is Cc1nn(-c2ccccc2)c(C)c1NC(=O)c1ccc2n[nH]nc2c1. The van der Waals surface area contributed by atoms with Crippen molar-refractivity contribution in [3.8, 4) is 5.69 Å². The molecule has 4 rings (SSSR count). The number of nitrogens with zero attached hydrogens (tertiary/aromatic N) is 4. The molecule has 7 nitrogen and oxygen atoms in total. The number of benzene rings is 2. The third-order valence-corrected chi connectivity index (χ3v) is 4.11. The van der Waals surface area contributed by atoms with Crippen LogP contribution in [0, 0.1) is 13.8 Å². The summed E-state index contributed by atoms with van der Waals surface area (Å²) in [6.45, 7) is 3.81. The summed E-state index contributed by atoms with van der Waals surface area (Å²) in [5, 5.41) is 18.1. The highest BCUT2D eigenvalue weighted by molar-refractivity contribution is 6.06. The number of anilines is 1. The number of H-pyrrole nitrogens is 1. The maximum absolute atomic E-state index is 12.6. The fourth-order valence-electron chi connectivity index (χ4n) is 2.81. The molecule has 124 valence electrons. The molecule has 0 bridgehead atoms. The molecule has 7 heteroatoms.